The molecule has 0 radical (unpaired) electrons. The van der Waals surface area contributed by atoms with Crippen LogP contribution < -0.4 is 19.1 Å². The zero-order valence-corrected chi connectivity index (χ0v) is 16.6. The molecule has 1 fully saturated rings. The zero-order chi connectivity index (χ0) is 20.3. The molecule has 1 saturated heterocycles. The summed E-state index contributed by atoms with van der Waals surface area (Å²) in [5.74, 6) is 1.34. The first-order chi connectivity index (χ1) is 14.0. The number of rotatable bonds is 5. The van der Waals surface area contributed by atoms with Gasteiger partial charge in [-0.3, -0.25) is 9.10 Å². The van der Waals surface area contributed by atoms with Crippen molar-refractivity contribution in [2.24, 2.45) is 0 Å². The molecule has 0 spiro atoms. The van der Waals surface area contributed by atoms with Gasteiger partial charge in [0, 0.05) is 12.6 Å². The molecule has 2 aromatic rings. The van der Waals surface area contributed by atoms with E-state index in [4.69, 9.17) is 9.47 Å². The molecule has 2 aliphatic heterocycles. The number of benzene rings is 2. The van der Waals surface area contributed by atoms with E-state index in [1.54, 1.807) is 30.3 Å². The Morgan fingerprint density at radius 3 is 2.62 bits per heavy atom. The van der Waals surface area contributed by atoms with Crippen molar-refractivity contribution in [1.82, 2.24) is 5.32 Å². The number of amides is 1. The van der Waals surface area contributed by atoms with Gasteiger partial charge in [-0.25, -0.2) is 8.42 Å². The first-order valence-electron chi connectivity index (χ1n) is 9.46. The van der Waals surface area contributed by atoms with Crippen LogP contribution in [0.25, 0.3) is 6.08 Å². The second kappa shape index (κ2) is 8.16. The van der Waals surface area contributed by atoms with Gasteiger partial charge in [0.15, 0.2) is 11.5 Å². The van der Waals surface area contributed by atoms with Crippen LogP contribution in [0.4, 0.5) is 5.69 Å². The van der Waals surface area contributed by atoms with Crippen molar-refractivity contribution in [2.45, 2.75) is 12.5 Å². The van der Waals surface area contributed by atoms with Crippen LogP contribution in [0.5, 0.6) is 11.5 Å². The Hall–Kier alpha value is -3.00. The highest BCUT2D eigenvalue weighted by Gasteiger charge is 2.28. The predicted molar refractivity (Wildman–Crippen MR) is 111 cm³/mol. The van der Waals surface area contributed by atoms with E-state index in [0.717, 1.165) is 5.56 Å². The number of hydrogen-bond donors (Lipinski definition) is 1. The van der Waals surface area contributed by atoms with Crippen molar-refractivity contribution in [3.63, 3.8) is 0 Å². The summed E-state index contributed by atoms with van der Waals surface area (Å²) in [4.78, 5) is 12.1. The molecule has 2 heterocycles. The lowest BCUT2D eigenvalue weighted by Gasteiger charge is -2.26. The minimum absolute atomic E-state index is 0.191. The fourth-order valence-electron chi connectivity index (χ4n) is 3.29. The van der Waals surface area contributed by atoms with E-state index in [-0.39, 0.29) is 17.8 Å². The summed E-state index contributed by atoms with van der Waals surface area (Å²) < 4.78 is 36.8. The summed E-state index contributed by atoms with van der Waals surface area (Å²) in [6.07, 6.45) is 3.53. The van der Waals surface area contributed by atoms with E-state index >= 15 is 0 Å². The lowest BCUT2D eigenvalue weighted by Crippen LogP contribution is -2.40. The number of hydrogen-bond acceptors (Lipinski definition) is 5. The van der Waals surface area contributed by atoms with Crippen LogP contribution in [0.15, 0.2) is 54.6 Å². The van der Waals surface area contributed by atoms with Crippen molar-refractivity contribution >= 4 is 27.7 Å². The summed E-state index contributed by atoms with van der Waals surface area (Å²) >= 11 is 0. The maximum absolute atomic E-state index is 12.1. The highest BCUT2D eigenvalue weighted by molar-refractivity contribution is 7.93. The molecule has 0 aromatic heterocycles. The number of ether oxygens (including phenoxy) is 2. The Kier molecular flexibility index (Phi) is 5.44. The molecule has 8 heteroatoms. The fraction of sp³-hybridized carbons (Fsp3) is 0.286. The third-order valence-corrected chi connectivity index (χ3v) is 6.65. The van der Waals surface area contributed by atoms with Crippen LogP contribution in [0.2, 0.25) is 0 Å². The van der Waals surface area contributed by atoms with Gasteiger partial charge in [-0.2, -0.15) is 0 Å². The molecule has 0 saturated carbocycles. The quantitative estimate of drug-likeness (QED) is 0.759. The molecule has 2 aliphatic rings. The van der Waals surface area contributed by atoms with Crippen molar-refractivity contribution < 1.29 is 22.7 Å². The first-order valence-corrected chi connectivity index (χ1v) is 11.1. The fourth-order valence-corrected chi connectivity index (χ4v) is 4.85. The van der Waals surface area contributed by atoms with Gasteiger partial charge < -0.3 is 14.8 Å². The summed E-state index contributed by atoms with van der Waals surface area (Å²) in [5, 5.41) is 2.80. The van der Waals surface area contributed by atoms with Crippen LogP contribution in [-0.4, -0.2) is 45.9 Å². The molecule has 1 N–H and O–H groups in total. The topological polar surface area (TPSA) is 84.9 Å². The van der Waals surface area contributed by atoms with Gasteiger partial charge in [0.2, 0.25) is 15.9 Å². The van der Waals surface area contributed by atoms with Crippen LogP contribution in [-0.2, 0) is 14.8 Å². The number of carbonyl (C=O) groups excluding carboxylic acids is 1. The number of nitrogens with zero attached hydrogens (tertiary/aromatic N) is 1. The van der Waals surface area contributed by atoms with Crippen LogP contribution in [0.3, 0.4) is 0 Å². The molecule has 2 aromatic carbocycles. The lowest BCUT2D eigenvalue weighted by atomic mass is 10.2. The largest absolute Gasteiger partial charge is 0.486 e. The SMILES string of the molecule is O=C(/C=C/c1ccc(N2CCCS2(=O)=O)cc1)NC[C@@H]1COc2ccccc2O1. The Morgan fingerprint density at radius 1 is 1.14 bits per heavy atom. The predicted octanol–water partition coefficient (Wildman–Crippen LogP) is 2.20. The van der Waals surface area contributed by atoms with E-state index < -0.39 is 10.0 Å². The van der Waals surface area contributed by atoms with Gasteiger partial charge in [0.25, 0.3) is 0 Å². The molecule has 0 bridgehead atoms. The van der Waals surface area contributed by atoms with Gasteiger partial charge in [-0.05, 0) is 42.3 Å². The number of nitrogens with one attached hydrogen (secondary N) is 1. The molecule has 1 atom stereocenters. The first kappa shape index (κ1) is 19.3. The van der Waals surface area contributed by atoms with Crippen LogP contribution in [0.1, 0.15) is 12.0 Å². The van der Waals surface area contributed by atoms with E-state index in [1.165, 1.54) is 10.4 Å². The van der Waals surface area contributed by atoms with Crippen molar-refractivity contribution in [3.8, 4) is 11.5 Å². The Labute approximate surface area is 170 Å². The summed E-state index contributed by atoms with van der Waals surface area (Å²) in [5.41, 5.74) is 1.46. The minimum Gasteiger partial charge on any atom is -0.486 e. The van der Waals surface area contributed by atoms with Gasteiger partial charge in [-0.15, -0.1) is 0 Å². The standard InChI is InChI=1S/C21H22N2O5S/c24-21(22-14-18-15-27-19-4-1-2-5-20(19)28-18)11-8-16-6-9-17(10-7-16)23-12-3-13-29(23,25)26/h1-2,4-11,18H,3,12-15H2,(H,22,24)/b11-8+/t18-/m1/s1. The number of anilines is 1. The second-order valence-electron chi connectivity index (χ2n) is 6.91. The van der Waals surface area contributed by atoms with E-state index in [9.17, 15) is 13.2 Å². The Bertz CT molecular complexity index is 1020. The third-order valence-electron chi connectivity index (χ3n) is 4.78. The Morgan fingerprint density at radius 2 is 1.90 bits per heavy atom. The van der Waals surface area contributed by atoms with Crippen molar-refractivity contribution in [1.29, 1.82) is 0 Å². The van der Waals surface area contributed by atoms with E-state index in [2.05, 4.69) is 5.32 Å². The van der Waals surface area contributed by atoms with Gasteiger partial charge in [0.05, 0.1) is 18.0 Å². The molecule has 0 unspecified atom stereocenters. The highest BCUT2D eigenvalue weighted by Crippen LogP contribution is 2.30. The monoisotopic (exact) mass is 414 g/mol. The number of para-hydroxylation sites is 2. The summed E-state index contributed by atoms with van der Waals surface area (Å²) in [6, 6.07) is 14.5. The molecule has 1 amide bonds. The lowest BCUT2D eigenvalue weighted by molar-refractivity contribution is -0.116. The average molecular weight is 414 g/mol. The maximum atomic E-state index is 12.1. The van der Waals surface area contributed by atoms with Crippen LogP contribution in [0, 0.1) is 0 Å². The molecular weight excluding hydrogens is 392 g/mol. The highest BCUT2D eigenvalue weighted by atomic mass is 32.2. The summed E-state index contributed by atoms with van der Waals surface area (Å²) in [6.45, 7) is 1.22. The summed E-state index contributed by atoms with van der Waals surface area (Å²) in [7, 11) is -3.19. The molecule has 7 nitrogen and oxygen atoms in total. The average Bonchev–Trinajstić information content (AvgIpc) is 3.10. The zero-order valence-electron chi connectivity index (χ0n) is 15.8. The van der Waals surface area contributed by atoms with Crippen LogP contribution >= 0.6 is 0 Å². The van der Waals surface area contributed by atoms with Gasteiger partial charge in [-0.1, -0.05) is 24.3 Å². The van der Waals surface area contributed by atoms with Gasteiger partial charge in [0.1, 0.15) is 12.7 Å². The molecule has 152 valence electrons. The Balaban J connectivity index is 1.29. The maximum Gasteiger partial charge on any atom is 0.244 e. The molecular formula is C21H22N2O5S. The van der Waals surface area contributed by atoms with Crippen molar-refractivity contribution in [3.05, 3.63) is 60.2 Å². The second-order valence-corrected chi connectivity index (χ2v) is 8.92. The van der Waals surface area contributed by atoms with E-state index in [1.807, 2.05) is 24.3 Å². The van der Waals surface area contributed by atoms with Gasteiger partial charge >= 0.3 is 0 Å². The number of fused-ring (bicyclic) bond motifs is 1. The number of carbonyl (C=O) groups is 1. The molecule has 29 heavy (non-hydrogen) atoms. The smallest absolute Gasteiger partial charge is 0.244 e. The molecule has 0 aliphatic carbocycles. The normalized spacial score (nSPS) is 20.0. The number of sulfonamides is 1. The molecule has 4 rings (SSSR count). The van der Waals surface area contributed by atoms with E-state index in [0.29, 0.717) is 43.3 Å². The minimum atomic E-state index is -3.19. The third kappa shape index (κ3) is 4.54. The van der Waals surface area contributed by atoms with Crippen molar-refractivity contribution in [2.75, 3.05) is 29.8 Å².